The molecule has 0 unspecified atom stereocenters. The average molecular weight is 377 g/mol. The summed E-state index contributed by atoms with van der Waals surface area (Å²) in [5, 5.41) is 1.71. The first kappa shape index (κ1) is 16.8. The Balaban J connectivity index is 1.28. The van der Waals surface area contributed by atoms with Gasteiger partial charge < -0.3 is 14.4 Å². The van der Waals surface area contributed by atoms with E-state index in [-0.39, 0.29) is 5.91 Å². The monoisotopic (exact) mass is 376 g/mol. The molecular weight excluding hydrogens is 356 g/mol. The SMILES string of the molecule is O=C(CSc1nccn1C1CC1)N1CCN(c2cccc(Cl)c2)CC1. The fourth-order valence-corrected chi connectivity index (χ4v) is 4.26. The Labute approximate surface area is 157 Å². The predicted octanol–water partition coefficient (Wildman–Crippen LogP) is 3.31. The molecule has 0 bridgehead atoms. The number of benzene rings is 1. The molecule has 1 aromatic heterocycles. The van der Waals surface area contributed by atoms with Gasteiger partial charge in [0.15, 0.2) is 5.16 Å². The predicted molar refractivity (Wildman–Crippen MR) is 101 cm³/mol. The van der Waals surface area contributed by atoms with Crippen LogP contribution in [0.2, 0.25) is 5.02 Å². The highest BCUT2D eigenvalue weighted by Gasteiger charge is 2.26. The number of carbonyl (C=O) groups is 1. The molecule has 5 nitrogen and oxygen atoms in total. The summed E-state index contributed by atoms with van der Waals surface area (Å²) in [6.45, 7) is 3.19. The Bertz CT molecular complexity index is 753. The van der Waals surface area contributed by atoms with Crippen LogP contribution in [0.4, 0.5) is 5.69 Å². The number of anilines is 1. The number of rotatable bonds is 5. The van der Waals surface area contributed by atoms with Gasteiger partial charge in [-0.05, 0) is 31.0 Å². The van der Waals surface area contributed by atoms with Crippen molar-refractivity contribution in [1.29, 1.82) is 0 Å². The summed E-state index contributed by atoms with van der Waals surface area (Å²) in [6, 6.07) is 8.49. The molecule has 0 N–H and O–H groups in total. The van der Waals surface area contributed by atoms with Crippen molar-refractivity contribution < 1.29 is 4.79 Å². The minimum absolute atomic E-state index is 0.195. The second kappa shape index (κ2) is 7.30. The zero-order chi connectivity index (χ0) is 17.2. The van der Waals surface area contributed by atoms with Crippen molar-refractivity contribution in [3.8, 4) is 0 Å². The maximum Gasteiger partial charge on any atom is 0.233 e. The van der Waals surface area contributed by atoms with Gasteiger partial charge in [0.25, 0.3) is 0 Å². The van der Waals surface area contributed by atoms with Gasteiger partial charge in [-0.1, -0.05) is 29.4 Å². The molecule has 7 heteroatoms. The highest BCUT2D eigenvalue weighted by molar-refractivity contribution is 7.99. The topological polar surface area (TPSA) is 41.4 Å². The molecule has 25 heavy (non-hydrogen) atoms. The van der Waals surface area contributed by atoms with Crippen LogP contribution in [0.5, 0.6) is 0 Å². The van der Waals surface area contributed by atoms with Crippen LogP contribution in [0.25, 0.3) is 0 Å². The molecule has 1 amide bonds. The quantitative estimate of drug-likeness (QED) is 0.751. The van der Waals surface area contributed by atoms with Crippen molar-refractivity contribution in [3.63, 3.8) is 0 Å². The maximum absolute atomic E-state index is 12.5. The number of piperazine rings is 1. The molecule has 1 saturated heterocycles. The zero-order valence-corrected chi connectivity index (χ0v) is 15.5. The third-order valence-corrected chi connectivity index (χ3v) is 5.90. The normalized spacial score (nSPS) is 17.8. The van der Waals surface area contributed by atoms with Gasteiger partial charge in [0, 0.05) is 55.3 Å². The molecule has 1 aliphatic heterocycles. The molecule has 132 valence electrons. The standard InChI is InChI=1S/C18H21ClN4OS/c19-14-2-1-3-16(12-14)21-8-10-22(11-9-21)17(24)13-25-18-20-6-7-23(18)15-4-5-15/h1-3,6-7,12,15H,4-5,8-11,13H2. The summed E-state index contributed by atoms with van der Waals surface area (Å²) in [4.78, 5) is 21.1. The van der Waals surface area contributed by atoms with Crippen molar-refractivity contribution in [3.05, 3.63) is 41.7 Å². The number of aromatic nitrogens is 2. The van der Waals surface area contributed by atoms with E-state index in [4.69, 9.17) is 11.6 Å². The van der Waals surface area contributed by atoms with Crippen LogP contribution in [-0.4, -0.2) is 52.3 Å². The minimum atomic E-state index is 0.195. The second-order valence-corrected chi connectivity index (χ2v) is 7.86. The van der Waals surface area contributed by atoms with E-state index in [2.05, 4.69) is 20.5 Å². The average Bonchev–Trinajstić information content (AvgIpc) is 3.38. The van der Waals surface area contributed by atoms with Crippen LogP contribution in [0, 0.1) is 0 Å². The van der Waals surface area contributed by atoms with E-state index in [1.807, 2.05) is 35.5 Å². The van der Waals surface area contributed by atoms with E-state index in [1.54, 1.807) is 11.8 Å². The summed E-state index contributed by atoms with van der Waals surface area (Å²) in [5.74, 6) is 0.655. The maximum atomic E-state index is 12.5. The Morgan fingerprint density at radius 1 is 1.24 bits per heavy atom. The molecule has 0 atom stereocenters. The Kier molecular flexibility index (Phi) is 4.90. The van der Waals surface area contributed by atoms with Crippen LogP contribution >= 0.6 is 23.4 Å². The Morgan fingerprint density at radius 2 is 2.04 bits per heavy atom. The van der Waals surface area contributed by atoms with Gasteiger partial charge in [0.05, 0.1) is 5.75 Å². The lowest BCUT2D eigenvalue weighted by Gasteiger charge is -2.36. The summed E-state index contributed by atoms with van der Waals surface area (Å²) in [6.07, 6.45) is 6.30. The molecule has 2 fully saturated rings. The van der Waals surface area contributed by atoms with Crippen molar-refractivity contribution >= 4 is 35.0 Å². The van der Waals surface area contributed by atoms with Crippen molar-refractivity contribution in [2.24, 2.45) is 0 Å². The summed E-state index contributed by atoms with van der Waals surface area (Å²) < 4.78 is 2.20. The molecular formula is C18H21ClN4OS. The second-order valence-electron chi connectivity index (χ2n) is 6.48. The molecule has 0 radical (unpaired) electrons. The van der Waals surface area contributed by atoms with E-state index in [0.717, 1.165) is 42.0 Å². The van der Waals surface area contributed by atoms with E-state index in [0.29, 0.717) is 11.8 Å². The Hall–Kier alpha value is -1.66. The number of nitrogens with zero attached hydrogens (tertiary/aromatic N) is 4. The number of hydrogen-bond donors (Lipinski definition) is 0. The molecule has 2 heterocycles. The zero-order valence-electron chi connectivity index (χ0n) is 14.0. The van der Waals surface area contributed by atoms with Crippen LogP contribution in [0.1, 0.15) is 18.9 Å². The van der Waals surface area contributed by atoms with Gasteiger partial charge in [-0.25, -0.2) is 4.98 Å². The largest absolute Gasteiger partial charge is 0.368 e. The number of carbonyl (C=O) groups excluding carboxylic acids is 1. The number of halogens is 1. The van der Waals surface area contributed by atoms with Crippen molar-refractivity contribution in [2.75, 3.05) is 36.8 Å². The van der Waals surface area contributed by atoms with Gasteiger partial charge in [-0.15, -0.1) is 0 Å². The lowest BCUT2D eigenvalue weighted by molar-refractivity contribution is -0.128. The lowest BCUT2D eigenvalue weighted by atomic mass is 10.2. The lowest BCUT2D eigenvalue weighted by Crippen LogP contribution is -2.49. The van der Waals surface area contributed by atoms with Gasteiger partial charge in [0.1, 0.15) is 0 Å². The number of hydrogen-bond acceptors (Lipinski definition) is 4. The Morgan fingerprint density at radius 3 is 2.76 bits per heavy atom. The first-order valence-corrected chi connectivity index (χ1v) is 10.0. The molecule has 0 spiro atoms. The van der Waals surface area contributed by atoms with Crippen LogP contribution in [0.15, 0.2) is 41.8 Å². The van der Waals surface area contributed by atoms with E-state index in [9.17, 15) is 4.79 Å². The van der Waals surface area contributed by atoms with Gasteiger partial charge >= 0.3 is 0 Å². The first-order valence-electron chi connectivity index (χ1n) is 8.64. The minimum Gasteiger partial charge on any atom is -0.368 e. The fourth-order valence-electron chi connectivity index (χ4n) is 3.15. The first-order chi connectivity index (χ1) is 12.2. The molecule has 1 aliphatic carbocycles. The van der Waals surface area contributed by atoms with Gasteiger partial charge in [-0.2, -0.15) is 0 Å². The smallest absolute Gasteiger partial charge is 0.233 e. The van der Waals surface area contributed by atoms with Gasteiger partial charge in [-0.3, -0.25) is 4.79 Å². The van der Waals surface area contributed by atoms with Gasteiger partial charge in [0.2, 0.25) is 5.91 Å². The van der Waals surface area contributed by atoms with Crippen LogP contribution in [-0.2, 0) is 4.79 Å². The highest BCUT2D eigenvalue weighted by atomic mass is 35.5. The number of imidazole rings is 1. The summed E-state index contributed by atoms with van der Waals surface area (Å²) >= 11 is 7.62. The third-order valence-electron chi connectivity index (χ3n) is 4.70. The van der Waals surface area contributed by atoms with Crippen molar-refractivity contribution in [1.82, 2.24) is 14.5 Å². The van der Waals surface area contributed by atoms with E-state index in [1.165, 1.54) is 12.8 Å². The van der Waals surface area contributed by atoms with E-state index >= 15 is 0 Å². The van der Waals surface area contributed by atoms with E-state index < -0.39 is 0 Å². The summed E-state index contributed by atoms with van der Waals surface area (Å²) in [7, 11) is 0. The number of thioether (sulfide) groups is 1. The molecule has 1 aromatic carbocycles. The van der Waals surface area contributed by atoms with Crippen LogP contribution in [0.3, 0.4) is 0 Å². The fraction of sp³-hybridized carbons (Fsp3) is 0.444. The summed E-state index contributed by atoms with van der Waals surface area (Å²) in [5.41, 5.74) is 1.13. The molecule has 2 aromatic rings. The number of amides is 1. The van der Waals surface area contributed by atoms with Crippen LogP contribution < -0.4 is 4.90 Å². The van der Waals surface area contributed by atoms with Crippen molar-refractivity contribution in [2.45, 2.75) is 24.0 Å². The molecule has 2 aliphatic rings. The molecule has 1 saturated carbocycles. The third kappa shape index (κ3) is 3.96. The highest BCUT2D eigenvalue weighted by Crippen LogP contribution is 2.37. The molecule has 4 rings (SSSR count).